The zero-order valence-corrected chi connectivity index (χ0v) is 14.2. The van der Waals surface area contributed by atoms with Crippen molar-refractivity contribution in [1.82, 2.24) is 4.98 Å². The summed E-state index contributed by atoms with van der Waals surface area (Å²) < 4.78 is 5.53. The molecular weight excluding hydrogens is 322 g/mol. The minimum Gasteiger partial charge on any atom is -0.374 e. The van der Waals surface area contributed by atoms with Crippen molar-refractivity contribution in [1.29, 1.82) is 0 Å². The summed E-state index contributed by atoms with van der Waals surface area (Å²) in [5.41, 5.74) is 7.68. The first-order chi connectivity index (χ1) is 10.1. The molecule has 0 bridgehead atoms. The van der Waals surface area contributed by atoms with Crippen molar-refractivity contribution in [2.45, 2.75) is 33.1 Å². The first-order valence-electron chi connectivity index (χ1n) is 6.75. The van der Waals surface area contributed by atoms with E-state index in [4.69, 9.17) is 10.5 Å². The summed E-state index contributed by atoms with van der Waals surface area (Å²) in [6.45, 7) is 4.91. The molecule has 0 aliphatic heterocycles. The summed E-state index contributed by atoms with van der Waals surface area (Å²) >= 11 is 1.39. The highest BCUT2D eigenvalue weighted by Gasteiger charge is 2.10. The number of hydrogen-bond acceptors (Lipinski definition) is 5. The number of aromatic nitrogens is 1. The van der Waals surface area contributed by atoms with E-state index in [0.717, 1.165) is 16.3 Å². The second-order valence-electron chi connectivity index (χ2n) is 4.84. The van der Waals surface area contributed by atoms with E-state index in [-0.39, 0.29) is 24.4 Å². The molecule has 0 saturated heterocycles. The van der Waals surface area contributed by atoms with Crippen molar-refractivity contribution >= 4 is 35.3 Å². The van der Waals surface area contributed by atoms with Crippen LogP contribution in [-0.4, -0.2) is 17.0 Å². The van der Waals surface area contributed by atoms with Gasteiger partial charge >= 0.3 is 0 Å². The monoisotopic (exact) mass is 341 g/mol. The number of rotatable bonds is 6. The van der Waals surface area contributed by atoms with Crippen LogP contribution in [0.15, 0.2) is 29.6 Å². The van der Waals surface area contributed by atoms with Crippen LogP contribution in [0.1, 0.15) is 34.9 Å². The number of carbonyl (C=O) groups is 1. The van der Waals surface area contributed by atoms with Crippen molar-refractivity contribution in [3.8, 4) is 0 Å². The minimum atomic E-state index is -0.225. The molecule has 1 heterocycles. The molecule has 0 aliphatic carbocycles. The van der Waals surface area contributed by atoms with Crippen molar-refractivity contribution in [3.63, 3.8) is 0 Å². The van der Waals surface area contributed by atoms with Crippen molar-refractivity contribution in [2.75, 3.05) is 5.32 Å². The number of nitrogens with one attached hydrogen (secondary N) is 1. The van der Waals surface area contributed by atoms with E-state index in [2.05, 4.69) is 10.3 Å². The SMILES string of the molecule is CC(C)OCc1ccc(NC(=O)c2csc(CN)n2)cc1.Cl. The third kappa shape index (κ3) is 5.38. The average molecular weight is 342 g/mol. The van der Waals surface area contributed by atoms with Crippen LogP contribution < -0.4 is 11.1 Å². The van der Waals surface area contributed by atoms with Gasteiger partial charge in [-0.15, -0.1) is 23.7 Å². The van der Waals surface area contributed by atoms with E-state index in [9.17, 15) is 4.79 Å². The van der Waals surface area contributed by atoms with Gasteiger partial charge in [0.25, 0.3) is 5.91 Å². The number of nitrogens with two attached hydrogens (primary N) is 1. The van der Waals surface area contributed by atoms with Crippen LogP contribution >= 0.6 is 23.7 Å². The van der Waals surface area contributed by atoms with E-state index in [1.165, 1.54) is 11.3 Å². The van der Waals surface area contributed by atoms with Gasteiger partial charge in [-0.25, -0.2) is 4.98 Å². The number of halogens is 1. The zero-order chi connectivity index (χ0) is 15.2. The fraction of sp³-hybridized carbons (Fsp3) is 0.333. The molecule has 0 saturated carbocycles. The number of thiazole rings is 1. The predicted molar refractivity (Wildman–Crippen MR) is 91.6 cm³/mol. The Labute approximate surface area is 140 Å². The maximum atomic E-state index is 12.0. The van der Waals surface area contributed by atoms with Crippen LogP contribution in [0, 0.1) is 0 Å². The van der Waals surface area contributed by atoms with Crippen molar-refractivity contribution < 1.29 is 9.53 Å². The van der Waals surface area contributed by atoms with Crippen LogP contribution in [0.5, 0.6) is 0 Å². The maximum Gasteiger partial charge on any atom is 0.275 e. The molecule has 7 heteroatoms. The van der Waals surface area contributed by atoms with E-state index in [1.54, 1.807) is 5.38 Å². The minimum absolute atomic E-state index is 0. The lowest BCUT2D eigenvalue weighted by Gasteiger charge is -2.08. The lowest BCUT2D eigenvalue weighted by molar-refractivity contribution is 0.0657. The summed E-state index contributed by atoms with van der Waals surface area (Å²) in [6.07, 6.45) is 0.200. The standard InChI is InChI=1S/C15H19N3O2S.ClH/c1-10(2)20-8-11-3-5-12(6-4-11)17-15(19)13-9-21-14(7-16)18-13;/h3-6,9-10H,7-8,16H2,1-2H3,(H,17,19);1H. The molecule has 0 radical (unpaired) electrons. The fourth-order valence-corrected chi connectivity index (χ4v) is 2.31. The highest BCUT2D eigenvalue weighted by atomic mass is 35.5. The second-order valence-corrected chi connectivity index (χ2v) is 5.78. The van der Waals surface area contributed by atoms with E-state index in [1.807, 2.05) is 38.1 Å². The summed E-state index contributed by atoms with van der Waals surface area (Å²) in [5.74, 6) is -0.225. The number of anilines is 1. The lowest BCUT2D eigenvalue weighted by Crippen LogP contribution is -2.12. The molecule has 22 heavy (non-hydrogen) atoms. The quantitative estimate of drug-likeness (QED) is 0.845. The van der Waals surface area contributed by atoms with E-state index >= 15 is 0 Å². The Morgan fingerprint density at radius 3 is 2.59 bits per heavy atom. The Morgan fingerprint density at radius 2 is 2.05 bits per heavy atom. The van der Waals surface area contributed by atoms with Gasteiger partial charge in [0.15, 0.2) is 0 Å². The van der Waals surface area contributed by atoms with Crippen LogP contribution in [0.3, 0.4) is 0 Å². The Hall–Kier alpha value is -1.47. The molecule has 3 N–H and O–H groups in total. The fourth-order valence-electron chi connectivity index (χ4n) is 1.65. The second kappa shape index (κ2) is 8.85. The molecule has 2 rings (SSSR count). The highest BCUT2D eigenvalue weighted by molar-refractivity contribution is 7.09. The first kappa shape index (κ1) is 18.6. The van der Waals surface area contributed by atoms with Gasteiger partial charge < -0.3 is 15.8 Å². The molecule has 0 spiro atoms. The predicted octanol–water partition coefficient (Wildman–Crippen LogP) is 3.20. The number of nitrogens with zero attached hydrogens (tertiary/aromatic N) is 1. The summed E-state index contributed by atoms with van der Waals surface area (Å²) in [5, 5.41) is 5.27. The Kier molecular flexibility index (Phi) is 7.47. The Bertz CT molecular complexity index is 599. The number of hydrogen-bond donors (Lipinski definition) is 2. The van der Waals surface area contributed by atoms with E-state index < -0.39 is 0 Å². The van der Waals surface area contributed by atoms with Crippen LogP contribution in [-0.2, 0) is 17.9 Å². The third-order valence-electron chi connectivity index (χ3n) is 2.75. The molecule has 5 nitrogen and oxygen atoms in total. The average Bonchev–Trinajstić information content (AvgIpc) is 2.95. The molecule has 0 fully saturated rings. The Balaban J connectivity index is 0.00000242. The number of amides is 1. The van der Waals surface area contributed by atoms with Crippen LogP contribution in [0.2, 0.25) is 0 Å². The van der Waals surface area contributed by atoms with Gasteiger partial charge in [0.2, 0.25) is 0 Å². The molecule has 0 aliphatic rings. The van der Waals surface area contributed by atoms with Crippen molar-refractivity contribution in [2.24, 2.45) is 5.73 Å². The zero-order valence-electron chi connectivity index (χ0n) is 12.5. The van der Waals surface area contributed by atoms with Gasteiger partial charge in [0.1, 0.15) is 10.7 Å². The smallest absolute Gasteiger partial charge is 0.275 e. The normalized spacial score (nSPS) is 10.4. The largest absolute Gasteiger partial charge is 0.374 e. The molecule has 1 aromatic heterocycles. The third-order valence-corrected chi connectivity index (χ3v) is 3.63. The van der Waals surface area contributed by atoms with Crippen LogP contribution in [0.25, 0.3) is 0 Å². The Morgan fingerprint density at radius 1 is 1.36 bits per heavy atom. The van der Waals surface area contributed by atoms with Crippen molar-refractivity contribution in [3.05, 3.63) is 45.9 Å². The molecular formula is C15H20ClN3O2S. The number of benzene rings is 1. The molecule has 0 unspecified atom stereocenters. The van der Waals surface area contributed by atoms with Crippen LogP contribution in [0.4, 0.5) is 5.69 Å². The lowest BCUT2D eigenvalue weighted by atomic mass is 10.2. The highest BCUT2D eigenvalue weighted by Crippen LogP contribution is 2.14. The van der Waals surface area contributed by atoms with Gasteiger partial charge in [0.05, 0.1) is 12.7 Å². The topological polar surface area (TPSA) is 77.2 Å². The van der Waals surface area contributed by atoms with Gasteiger partial charge in [0, 0.05) is 17.6 Å². The number of ether oxygens (including phenoxy) is 1. The molecule has 2 aromatic rings. The maximum absolute atomic E-state index is 12.0. The molecule has 1 amide bonds. The summed E-state index contributed by atoms with van der Waals surface area (Å²) in [7, 11) is 0. The molecule has 1 aromatic carbocycles. The summed E-state index contributed by atoms with van der Waals surface area (Å²) in [6, 6.07) is 7.58. The van der Waals surface area contributed by atoms with Gasteiger partial charge in [-0.3, -0.25) is 4.79 Å². The summed E-state index contributed by atoms with van der Waals surface area (Å²) in [4.78, 5) is 16.2. The van der Waals surface area contributed by atoms with Gasteiger partial charge in [-0.05, 0) is 31.5 Å². The van der Waals surface area contributed by atoms with E-state index in [0.29, 0.717) is 18.8 Å². The van der Waals surface area contributed by atoms with Gasteiger partial charge in [-0.1, -0.05) is 12.1 Å². The number of carbonyl (C=O) groups excluding carboxylic acids is 1. The molecule has 120 valence electrons. The first-order valence-corrected chi connectivity index (χ1v) is 7.63. The molecule has 0 atom stereocenters. The van der Waals surface area contributed by atoms with Gasteiger partial charge in [-0.2, -0.15) is 0 Å².